The van der Waals surface area contributed by atoms with Crippen LogP contribution in [0.5, 0.6) is 5.75 Å². The minimum Gasteiger partial charge on any atom is -0.455 e. The van der Waals surface area contributed by atoms with Crippen molar-refractivity contribution in [1.82, 2.24) is 0 Å². The lowest BCUT2D eigenvalue weighted by Crippen LogP contribution is -2.46. The van der Waals surface area contributed by atoms with Crippen LogP contribution in [-0.4, -0.2) is 30.4 Å². The van der Waals surface area contributed by atoms with Gasteiger partial charge in [-0.1, -0.05) is 13.0 Å². The average molecular weight is 464 g/mol. The molecule has 0 N–H and O–H groups in total. The smallest absolute Gasteiger partial charge is 0.455 e. The van der Waals surface area contributed by atoms with E-state index < -0.39 is 35.8 Å². The van der Waals surface area contributed by atoms with Gasteiger partial charge in [0.1, 0.15) is 11.9 Å². The highest BCUT2D eigenvalue weighted by atomic mass is 19.4. The SMILES string of the molecule is C[C@]12CC[C@@H]3c4ccc(OC(=O)C(F)(F)F)cc4CC[C@H]3[C@@H]1CC[C@@H]2OC(=O)C(F)(F)F. The van der Waals surface area contributed by atoms with Crippen LogP contribution in [0.3, 0.4) is 0 Å². The second kappa shape index (κ2) is 7.66. The number of ether oxygens (including phenoxy) is 2. The van der Waals surface area contributed by atoms with E-state index in [4.69, 9.17) is 4.74 Å². The van der Waals surface area contributed by atoms with E-state index in [1.807, 2.05) is 6.92 Å². The molecule has 4 nitrogen and oxygen atoms in total. The number of esters is 2. The summed E-state index contributed by atoms with van der Waals surface area (Å²) in [5, 5.41) is 0. The molecule has 0 radical (unpaired) electrons. The van der Waals surface area contributed by atoms with E-state index in [0.717, 1.165) is 11.1 Å². The van der Waals surface area contributed by atoms with Crippen molar-refractivity contribution in [3.8, 4) is 5.75 Å². The molecule has 0 amide bonds. The molecular formula is C22H22F6O4. The Morgan fingerprint density at radius 1 is 0.969 bits per heavy atom. The van der Waals surface area contributed by atoms with Crippen LogP contribution in [0.4, 0.5) is 26.3 Å². The molecule has 0 saturated heterocycles. The maximum Gasteiger partial charge on any atom is 0.491 e. The predicted molar refractivity (Wildman–Crippen MR) is 98.7 cm³/mol. The molecule has 10 heteroatoms. The van der Waals surface area contributed by atoms with Crippen molar-refractivity contribution in [2.75, 3.05) is 0 Å². The minimum absolute atomic E-state index is 0.0863. The number of hydrogen-bond donors (Lipinski definition) is 0. The van der Waals surface area contributed by atoms with Gasteiger partial charge in [-0.3, -0.25) is 0 Å². The summed E-state index contributed by atoms with van der Waals surface area (Å²) in [4.78, 5) is 22.5. The summed E-state index contributed by atoms with van der Waals surface area (Å²) in [6.45, 7) is 1.89. The third-order valence-electron chi connectivity index (χ3n) is 7.53. The number of hydrogen-bond acceptors (Lipinski definition) is 4. The number of carbonyl (C=O) groups excluding carboxylic acids is 2. The topological polar surface area (TPSA) is 52.6 Å². The van der Waals surface area contributed by atoms with Gasteiger partial charge >= 0.3 is 24.3 Å². The molecule has 2 fully saturated rings. The van der Waals surface area contributed by atoms with Crippen molar-refractivity contribution in [1.29, 1.82) is 0 Å². The van der Waals surface area contributed by atoms with E-state index in [2.05, 4.69) is 4.74 Å². The van der Waals surface area contributed by atoms with Gasteiger partial charge < -0.3 is 9.47 Å². The van der Waals surface area contributed by atoms with Crippen molar-refractivity contribution in [3.05, 3.63) is 29.3 Å². The van der Waals surface area contributed by atoms with Gasteiger partial charge in [0.05, 0.1) is 0 Å². The lowest BCUT2D eigenvalue weighted by Gasteiger charge is -2.50. The zero-order chi connectivity index (χ0) is 23.5. The Balaban J connectivity index is 1.51. The van der Waals surface area contributed by atoms with E-state index in [1.165, 1.54) is 12.1 Å². The van der Waals surface area contributed by atoms with Gasteiger partial charge in [-0.05, 0) is 79.5 Å². The highest BCUT2D eigenvalue weighted by molar-refractivity contribution is 5.78. The first-order valence-corrected chi connectivity index (χ1v) is 10.5. The monoisotopic (exact) mass is 464 g/mol. The highest BCUT2D eigenvalue weighted by Gasteiger charge is 2.57. The summed E-state index contributed by atoms with van der Waals surface area (Å²) in [7, 11) is 0. The number of alkyl halides is 6. The number of aryl methyl sites for hydroxylation is 1. The maximum absolute atomic E-state index is 12.7. The van der Waals surface area contributed by atoms with Crippen LogP contribution >= 0.6 is 0 Å². The average Bonchev–Trinajstić information content (AvgIpc) is 3.02. The summed E-state index contributed by atoms with van der Waals surface area (Å²) < 4.78 is 84.8. The van der Waals surface area contributed by atoms with Gasteiger partial charge in [0, 0.05) is 5.41 Å². The maximum atomic E-state index is 12.7. The Hall–Kier alpha value is -2.26. The van der Waals surface area contributed by atoms with Crippen molar-refractivity contribution >= 4 is 11.9 Å². The van der Waals surface area contributed by atoms with E-state index in [9.17, 15) is 35.9 Å². The molecule has 4 rings (SSSR count). The van der Waals surface area contributed by atoms with Gasteiger partial charge in [-0.15, -0.1) is 0 Å². The molecule has 0 aromatic heterocycles. The van der Waals surface area contributed by atoms with Crippen LogP contribution in [0.2, 0.25) is 0 Å². The quantitative estimate of drug-likeness (QED) is 0.330. The van der Waals surface area contributed by atoms with E-state index in [1.54, 1.807) is 6.07 Å². The number of rotatable bonds is 2. The van der Waals surface area contributed by atoms with Gasteiger partial charge in [-0.25, -0.2) is 9.59 Å². The van der Waals surface area contributed by atoms with E-state index in [-0.39, 0.29) is 23.5 Å². The summed E-state index contributed by atoms with van der Waals surface area (Å²) in [6, 6.07) is 4.50. The van der Waals surface area contributed by atoms with Crippen molar-refractivity contribution in [2.45, 2.75) is 69.8 Å². The first-order chi connectivity index (χ1) is 14.8. The third kappa shape index (κ3) is 3.96. The largest absolute Gasteiger partial charge is 0.491 e. The van der Waals surface area contributed by atoms with Crippen LogP contribution < -0.4 is 4.74 Å². The molecule has 3 aliphatic carbocycles. The molecule has 0 unspecified atom stereocenters. The van der Waals surface area contributed by atoms with Crippen molar-refractivity contribution < 1.29 is 45.4 Å². The second-order valence-electron chi connectivity index (χ2n) is 9.18. The number of halogens is 6. The zero-order valence-electron chi connectivity index (χ0n) is 17.2. The molecule has 0 bridgehead atoms. The molecule has 3 aliphatic rings. The van der Waals surface area contributed by atoms with Gasteiger partial charge in [0.15, 0.2) is 0 Å². The Morgan fingerprint density at radius 3 is 2.31 bits per heavy atom. The fourth-order valence-corrected chi connectivity index (χ4v) is 6.13. The highest BCUT2D eigenvalue weighted by Crippen LogP contribution is 2.61. The molecule has 2 saturated carbocycles. The lowest BCUT2D eigenvalue weighted by molar-refractivity contribution is -0.211. The molecule has 1 aromatic rings. The zero-order valence-corrected chi connectivity index (χ0v) is 17.2. The van der Waals surface area contributed by atoms with E-state index >= 15 is 0 Å². The summed E-state index contributed by atoms with van der Waals surface area (Å²) in [6.07, 6.45) is -7.32. The van der Waals surface area contributed by atoms with Crippen LogP contribution in [-0.2, 0) is 20.7 Å². The summed E-state index contributed by atoms with van der Waals surface area (Å²) in [5.74, 6) is -4.21. The van der Waals surface area contributed by atoms with Crippen LogP contribution in [0.1, 0.15) is 56.1 Å². The second-order valence-corrected chi connectivity index (χ2v) is 9.18. The molecule has 176 valence electrons. The van der Waals surface area contributed by atoms with E-state index in [0.29, 0.717) is 38.5 Å². The third-order valence-corrected chi connectivity index (χ3v) is 7.53. The van der Waals surface area contributed by atoms with Gasteiger partial charge in [0.2, 0.25) is 0 Å². The Bertz CT molecular complexity index is 924. The molecule has 0 spiro atoms. The molecule has 1 aromatic carbocycles. The molecule has 0 aliphatic heterocycles. The molecule has 5 atom stereocenters. The van der Waals surface area contributed by atoms with Crippen molar-refractivity contribution in [3.63, 3.8) is 0 Å². The summed E-state index contributed by atoms with van der Waals surface area (Å²) in [5.41, 5.74) is 1.26. The van der Waals surface area contributed by atoms with Crippen LogP contribution in [0.25, 0.3) is 0 Å². The lowest BCUT2D eigenvalue weighted by atomic mass is 9.55. The number of fused-ring (bicyclic) bond motifs is 5. The Kier molecular flexibility index (Phi) is 5.48. The molecule has 32 heavy (non-hydrogen) atoms. The fourth-order valence-electron chi connectivity index (χ4n) is 6.13. The standard InChI is InChI=1S/C22H22F6O4/c1-20-9-8-14-13-5-3-12(31-18(29)21(23,24)25)10-11(13)2-4-15(14)16(20)6-7-17(20)32-19(30)22(26,27)28/h3,5,10,14-17H,2,4,6-9H2,1H3/t14-,15-,16+,17+,20+/m1/s1. The molecular weight excluding hydrogens is 442 g/mol. The minimum atomic E-state index is -5.08. The van der Waals surface area contributed by atoms with Crippen LogP contribution in [0, 0.1) is 17.3 Å². The van der Waals surface area contributed by atoms with Crippen molar-refractivity contribution in [2.24, 2.45) is 17.3 Å². The fraction of sp³-hybridized carbons (Fsp3) is 0.636. The number of carbonyl (C=O) groups is 2. The van der Waals surface area contributed by atoms with Gasteiger partial charge in [0.25, 0.3) is 0 Å². The van der Waals surface area contributed by atoms with Crippen LogP contribution in [0.15, 0.2) is 18.2 Å². The number of benzene rings is 1. The Labute approximate surface area is 180 Å². The summed E-state index contributed by atoms with van der Waals surface area (Å²) >= 11 is 0. The Morgan fingerprint density at radius 2 is 1.66 bits per heavy atom. The first kappa shape index (κ1) is 22.9. The normalized spacial score (nSPS) is 31.8. The predicted octanol–water partition coefficient (Wildman–Crippen LogP) is 5.48. The first-order valence-electron chi connectivity index (χ1n) is 10.5. The van der Waals surface area contributed by atoms with Gasteiger partial charge in [-0.2, -0.15) is 26.3 Å². The molecule has 0 heterocycles.